The van der Waals surface area contributed by atoms with Crippen LogP contribution in [0.15, 0.2) is 66.7 Å². The van der Waals surface area contributed by atoms with E-state index >= 15 is 0 Å². The van der Waals surface area contributed by atoms with E-state index in [4.69, 9.17) is 9.47 Å². The van der Waals surface area contributed by atoms with E-state index in [0.717, 1.165) is 48.5 Å². The highest BCUT2D eigenvalue weighted by molar-refractivity contribution is 6.02. The van der Waals surface area contributed by atoms with Gasteiger partial charge >= 0.3 is 24.4 Å². The largest absolute Gasteiger partial charge is 0.490 e. The number of amides is 5. The van der Waals surface area contributed by atoms with Crippen LogP contribution in [0.2, 0.25) is 0 Å². The number of fused-ring (bicyclic) bond motifs is 1. The number of carbonyl (C=O) groups is 3. The molecule has 1 aliphatic rings. The van der Waals surface area contributed by atoms with E-state index in [1.54, 1.807) is 6.92 Å². The lowest BCUT2D eigenvalue weighted by Crippen LogP contribution is -2.48. The van der Waals surface area contributed by atoms with E-state index in [9.17, 15) is 45.8 Å². The number of urea groups is 2. The number of nitrogens with one attached hydrogen (secondary N) is 3. The summed E-state index contributed by atoms with van der Waals surface area (Å²) in [5, 5.41) is 17.8. The number of alkyl halides is 6. The van der Waals surface area contributed by atoms with Gasteiger partial charge in [0.15, 0.2) is 0 Å². The molecule has 5 amide bonds. The first kappa shape index (κ1) is 42.7. The number of halogens is 6. The minimum atomic E-state index is -4.54. The molecule has 0 fully saturated rings. The van der Waals surface area contributed by atoms with Gasteiger partial charge in [0, 0.05) is 49.7 Å². The van der Waals surface area contributed by atoms with Gasteiger partial charge < -0.3 is 40.3 Å². The second-order valence-corrected chi connectivity index (χ2v) is 13.6. The Balaban J connectivity index is 1.54. The van der Waals surface area contributed by atoms with Crippen LogP contribution in [0.25, 0.3) is 0 Å². The van der Waals surface area contributed by atoms with Crippen LogP contribution in [0.1, 0.15) is 61.5 Å². The highest BCUT2D eigenvalue weighted by Gasteiger charge is 2.33. The lowest BCUT2D eigenvalue weighted by atomic mass is 10.0. The van der Waals surface area contributed by atoms with Crippen LogP contribution in [-0.4, -0.2) is 84.5 Å². The highest BCUT2D eigenvalue weighted by atomic mass is 19.4. The predicted molar refractivity (Wildman–Crippen MR) is 194 cm³/mol. The van der Waals surface area contributed by atoms with Gasteiger partial charge in [0.1, 0.15) is 5.75 Å². The molecule has 1 aliphatic heterocycles. The summed E-state index contributed by atoms with van der Waals surface area (Å²) in [4.78, 5) is 43.1. The maximum Gasteiger partial charge on any atom is 0.416 e. The fraction of sp³-hybridized carbons (Fsp3) is 0.447. The number of hydrogen-bond donors (Lipinski definition) is 4. The third-order valence-corrected chi connectivity index (χ3v) is 9.04. The second kappa shape index (κ2) is 18.5. The van der Waals surface area contributed by atoms with Gasteiger partial charge in [-0.15, -0.1) is 0 Å². The van der Waals surface area contributed by atoms with Crippen molar-refractivity contribution in [1.29, 1.82) is 0 Å². The average molecular weight is 782 g/mol. The Morgan fingerprint density at radius 1 is 0.873 bits per heavy atom. The van der Waals surface area contributed by atoms with Crippen LogP contribution in [-0.2, 0) is 17.1 Å². The Kier molecular flexibility index (Phi) is 14.4. The first-order chi connectivity index (χ1) is 25.8. The number of carbonyl (C=O) groups excluding carboxylic acids is 3. The normalized spacial score (nSPS) is 19.3. The number of likely N-dealkylation sites (N-methyl/N-ethyl adjacent to an activating group) is 1. The SMILES string of the molecule is C[C@@H]1CCCCO[C@@H](CN(C)C(=O)Nc2ccc(C(F)(F)F)cc2)[C@H](C)CN([C@@H](C)CO)C(=O)c2cc(NC(=O)Nc3ccc(C(F)(F)F)cc3)ccc2O1. The van der Waals surface area contributed by atoms with E-state index < -0.39 is 66.1 Å². The fourth-order valence-corrected chi connectivity index (χ4v) is 5.81. The summed E-state index contributed by atoms with van der Waals surface area (Å²) in [6, 6.07) is 10.3. The molecule has 1 heterocycles. The minimum Gasteiger partial charge on any atom is -0.490 e. The summed E-state index contributed by atoms with van der Waals surface area (Å²) in [7, 11) is 1.51. The van der Waals surface area contributed by atoms with Crippen molar-refractivity contribution in [1.82, 2.24) is 9.80 Å². The molecular formula is C38H45F6N5O6. The molecule has 300 valence electrons. The van der Waals surface area contributed by atoms with E-state index in [-0.39, 0.29) is 47.6 Å². The van der Waals surface area contributed by atoms with Crippen molar-refractivity contribution in [2.75, 3.05) is 49.3 Å². The molecule has 0 saturated heterocycles. The van der Waals surface area contributed by atoms with E-state index in [1.807, 2.05) is 13.8 Å². The van der Waals surface area contributed by atoms with Crippen molar-refractivity contribution in [2.45, 2.75) is 70.6 Å². The zero-order valence-electron chi connectivity index (χ0n) is 30.8. The van der Waals surface area contributed by atoms with Crippen LogP contribution in [0.3, 0.4) is 0 Å². The van der Waals surface area contributed by atoms with Crippen LogP contribution in [0.4, 0.5) is 53.0 Å². The number of aliphatic hydroxyl groups excluding tert-OH is 1. The fourth-order valence-electron chi connectivity index (χ4n) is 5.81. The monoisotopic (exact) mass is 781 g/mol. The maximum absolute atomic E-state index is 14.4. The first-order valence-corrected chi connectivity index (χ1v) is 17.6. The first-order valence-electron chi connectivity index (χ1n) is 17.6. The number of anilines is 3. The van der Waals surface area contributed by atoms with Gasteiger partial charge in [-0.25, -0.2) is 9.59 Å². The summed E-state index contributed by atoms with van der Waals surface area (Å²) in [5.74, 6) is -0.716. The van der Waals surface area contributed by atoms with Crippen LogP contribution in [0, 0.1) is 5.92 Å². The Bertz CT molecular complexity index is 1760. The molecule has 55 heavy (non-hydrogen) atoms. The molecule has 0 saturated carbocycles. The van der Waals surface area contributed by atoms with Gasteiger partial charge in [-0.1, -0.05) is 6.92 Å². The number of nitrogens with zero attached hydrogens (tertiary/aromatic N) is 2. The number of aliphatic hydroxyl groups is 1. The lowest BCUT2D eigenvalue weighted by Gasteiger charge is -2.35. The molecule has 17 heteroatoms. The molecule has 3 aromatic rings. The van der Waals surface area contributed by atoms with Gasteiger partial charge in [0.05, 0.1) is 41.5 Å². The Labute approximate surface area is 315 Å². The molecule has 4 atom stereocenters. The van der Waals surface area contributed by atoms with Gasteiger partial charge in [0.25, 0.3) is 5.91 Å². The molecule has 4 rings (SSSR count). The molecule has 0 radical (unpaired) electrons. The third-order valence-electron chi connectivity index (χ3n) is 9.04. The molecule has 0 spiro atoms. The topological polar surface area (TPSA) is 132 Å². The smallest absolute Gasteiger partial charge is 0.416 e. The number of hydrogen-bond acceptors (Lipinski definition) is 6. The summed E-state index contributed by atoms with van der Waals surface area (Å²) >= 11 is 0. The zero-order valence-corrected chi connectivity index (χ0v) is 30.8. The van der Waals surface area contributed by atoms with Crippen molar-refractivity contribution in [3.05, 3.63) is 83.4 Å². The number of rotatable bonds is 7. The average Bonchev–Trinajstić information content (AvgIpc) is 3.12. The van der Waals surface area contributed by atoms with Crippen LogP contribution < -0.4 is 20.7 Å². The zero-order chi connectivity index (χ0) is 40.5. The predicted octanol–water partition coefficient (Wildman–Crippen LogP) is 8.33. The lowest BCUT2D eigenvalue weighted by molar-refractivity contribution is -0.138. The Morgan fingerprint density at radius 2 is 1.42 bits per heavy atom. The van der Waals surface area contributed by atoms with Crippen molar-refractivity contribution in [2.24, 2.45) is 5.92 Å². The van der Waals surface area contributed by atoms with Gasteiger partial charge in [-0.05, 0) is 99.8 Å². The van der Waals surface area contributed by atoms with Crippen LogP contribution in [0.5, 0.6) is 5.75 Å². The van der Waals surface area contributed by atoms with E-state index in [0.29, 0.717) is 25.9 Å². The summed E-state index contributed by atoms with van der Waals surface area (Å²) in [6.45, 7) is 5.36. The van der Waals surface area contributed by atoms with Crippen LogP contribution >= 0.6 is 0 Å². The molecule has 0 aliphatic carbocycles. The van der Waals surface area contributed by atoms with Crippen molar-refractivity contribution in [3.8, 4) is 5.75 Å². The minimum absolute atomic E-state index is 0.0562. The van der Waals surface area contributed by atoms with Gasteiger partial charge in [-0.3, -0.25) is 4.79 Å². The Morgan fingerprint density at radius 3 is 1.98 bits per heavy atom. The van der Waals surface area contributed by atoms with Gasteiger partial charge in [0.2, 0.25) is 0 Å². The summed E-state index contributed by atoms with van der Waals surface area (Å²) in [5.41, 5.74) is -1.20. The number of benzene rings is 3. The molecular weight excluding hydrogens is 736 g/mol. The molecule has 11 nitrogen and oxygen atoms in total. The molecule has 3 aromatic carbocycles. The third kappa shape index (κ3) is 12.2. The van der Waals surface area contributed by atoms with Crippen molar-refractivity contribution in [3.63, 3.8) is 0 Å². The second-order valence-electron chi connectivity index (χ2n) is 13.6. The molecule has 0 bridgehead atoms. The van der Waals surface area contributed by atoms with Crippen molar-refractivity contribution < 1.29 is 55.3 Å². The van der Waals surface area contributed by atoms with Crippen molar-refractivity contribution >= 4 is 35.0 Å². The Hall–Kier alpha value is -5.03. The number of ether oxygens (including phenoxy) is 2. The molecule has 0 unspecified atom stereocenters. The van der Waals surface area contributed by atoms with E-state index in [1.165, 1.54) is 35.0 Å². The van der Waals surface area contributed by atoms with Gasteiger partial charge in [-0.2, -0.15) is 26.3 Å². The molecule has 0 aromatic heterocycles. The quantitative estimate of drug-likeness (QED) is 0.178. The summed E-state index contributed by atoms with van der Waals surface area (Å²) in [6.07, 6.45) is -8.06. The maximum atomic E-state index is 14.4. The molecule has 4 N–H and O–H groups in total. The van der Waals surface area contributed by atoms with E-state index in [2.05, 4.69) is 16.0 Å². The summed E-state index contributed by atoms with van der Waals surface area (Å²) < 4.78 is 90.4. The highest BCUT2D eigenvalue weighted by Crippen LogP contribution is 2.32. The standard InChI is InChI=1S/C38H45F6N5O6/c1-23-20-49(24(2)22-50)34(51)31-19-30(46-35(52)45-28-12-8-26(9-13-28)37(39,40)41)16-17-32(31)55-25(3)7-5-6-18-54-33(23)21-48(4)36(53)47-29-14-10-27(11-15-29)38(42,43)44/h8-17,19,23-25,33,50H,5-7,18,20-22H2,1-4H3,(H,47,53)(H2,45,46,52)/t23-,24+,25-,33+/m1/s1.